The minimum atomic E-state index is -3.72. The maximum atomic E-state index is 12.5. The number of anilines is 2. The van der Waals surface area contributed by atoms with Crippen LogP contribution in [0.4, 0.5) is 11.4 Å². The average molecular weight is 403 g/mol. The molecule has 25 heavy (non-hydrogen) atoms. The third-order valence-corrected chi connectivity index (χ3v) is 8.52. The summed E-state index contributed by atoms with van der Waals surface area (Å²) in [5, 5.41) is 0. The van der Waals surface area contributed by atoms with E-state index in [0.717, 1.165) is 4.88 Å². The lowest BCUT2D eigenvalue weighted by atomic mass is 10.2. The molecule has 1 N–H and O–H groups in total. The van der Waals surface area contributed by atoms with Crippen LogP contribution >= 0.6 is 11.3 Å². The van der Waals surface area contributed by atoms with Crippen LogP contribution in [0.15, 0.2) is 34.5 Å². The zero-order valence-corrected chi connectivity index (χ0v) is 16.2. The van der Waals surface area contributed by atoms with E-state index in [1.165, 1.54) is 34.9 Å². The van der Waals surface area contributed by atoms with Gasteiger partial charge in [-0.05, 0) is 37.6 Å². The average Bonchev–Trinajstić information content (AvgIpc) is 3.13. The molecule has 3 rings (SSSR count). The Bertz CT molecular complexity index is 996. The molecule has 0 amide bonds. The van der Waals surface area contributed by atoms with E-state index in [-0.39, 0.29) is 21.4 Å². The van der Waals surface area contributed by atoms with Crippen molar-refractivity contribution < 1.29 is 21.6 Å². The molecule has 1 saturated heterocycles. The number of thiophene rings is 1. The predicted octanol–water partition coefficient (Wildman–Crippen LogP) is 2.41. The van der Waals surface area contributed by atoms with Gasteiger partial charge in [0, 0.05) is 17.5 Å². The number of nitrogens with zero attached hydrogens (tertiary/aromatic N) is 1. The molecule has 136 valence electrons. The molecular formula is C15H18N2O5S3. The number of sulfonamides is 2. The quantitative estimate of drug-likeness (QED) is 0.829. The van der Waals surface area contributed by atoms with Crippen LogP contribution in [0.1, 0.15) is 11.3 Å². The third kappa shape index (κ3) is 3.60. The van der Waals surface area contributed by atoms with Crippen molar-refractivity contribution in [3.8, 4) is 5.75 Å². The summed E-state index contributed by atoms with van der Waals surface area (Å²) in [5.74, 6) is 0.373. The second-order valence-electron chi connectivity index (χ2n) is 5.60. The van der Waals surface area contributed by atoms with Crippen LogP contribution < -0.4 is 13.8 Å². The molecule has 1 fully saturated rings. The van der Waals surface area contributed by atoms with Gasteiger partial charge in [-0.3, -0.25) is 9.03 Å². The molecule has 2 heterocycles. The van der Waals surface area contributed by atoms with Gasteiger partial charge in [0.05, 0.1) is 24.2 Å². The SMILES string of the molecule is COc1cc(N2CCCS2(=O)=O)ccc1NS(=O)(=O)c1ccc(C)s1. The summed E-state index contributed by atoms with van der Waals surface area (Å²) in [7, 11) is -5.63. The van der Waals surface area contributed by atoms with Gasteiger partial charge in [-0.15, -0.1) is 11.3 Å². The maximum Gasteiger partial charge on any atom is 0.271 e. The van der Waals surface area contributed by atoms with E-state index in [4.69, 9.17) is 4.74 Å². The van der Waals surface area contributed by atoms with Crippen LogP contribution in [-0.2, 0) is 20.0 Å². The second kappa shape index (κ2) is 6.50. The van der Waals surface area contributed by atoms with Gasteiger partial charge in [0.25, 0.3) is 10.0 Å². The third-order valence-electron chi connectivity index (χ3n) is 3.80. The Balaban J connectivity index is 1.93. The van der Waals surface area contributed by atoms with Crippen molar-refractivity contribution in [3.05, 3.63) is 35.2 Å². The molecule has 1 aliphatic rings. The Hall–Kier alpha value is -1.78. The van der Waals surface area contributed by atoms with Gasteiger partial charge in [0.1, 0.15) is 9.96 Å². The lowest BCUT2D eigenvalue weighted by Crippen LogP contribution is -2.25. The maximum absolute atomic E-state index is 12.5. The minimum Gasteiger partial charge on any atom is -0.494 e. The molecular weight excluding hydrogens is 384 g/mol. The first-order valence-corrected chi connectivity index (χ1v) is 11.4. The lowest BCUT2D eigenvalue weighted by molar-refractivity contribution is 0.417. The number of rotatable bonds is 5. The van der Waals surface area contributed by atoms with Crippen LogP contribution in [0, 0.1) is 6.92 Å². The Morgan fingerprint density at radius 2 is 2.00 bits per heavy atom. The summed E-state index contributed by atoms with van der Waals surface area (Å²) in [6.07, 6.45) is 0.566. The molecule has 7 nitrogen and oxygen atoms in total. The Morgan fingerprint density at radius 1 is 1.24 bits per heavy atom. The number of hydrogen-bond donors (Lipinski definition) is 1. The van der Waals surface area contributed by atoms with Gasteiger partial charge in [0.15, 0.2) is 0 Å². The van der Waals surface area contributed by atoms with Gasteiger partial charge < -0.3 is 4.74 Å². The number of hydrogen-bond acceptors (Lipinski definition) is 6. The smallest absolute Gasteiger partial charge is 0.271 e. The zero-order valence-electron chi connectivity index (χ0n) is 13.7. The molecule has 1 aromatic carbocycles. The van der Waals surface area contributed by atoms with Crippen LogP contribution in [-0.4, -0.2) is 36.2 Å². The highest BCUT2D eigenvalue weighted by Gasteiger charge is 2.29. The van der Waals surface area contributed by atoms with Crippen molar-refractivity contribution in [2.45, 2.75) is 17.6 Å². The fourth-order valence-electron chi connectivity index (χ4n) is 2.60. The monoisotopic (exact) mass is 402 g/mol. The summed E-state index contributed by atoms with van der Waals surface area (Å²) in [6.45, 7) is 2.24. The first-order valence-electron chi connectivity index (χ1n) is 7.51. The standard InChI is InChI=1S/C15H18N2O5S3/c1-11-4-7-15(23-11)25(20,21)16-13-6-5-12(10-14(13)22-2)17-8-3-9-24(17,18)19/h4-7,10,16H,3,8-9H2,1-2H3. The van der Waals surface area contributed by atoms with E-state index < -0.39 is 20.0 Å². The molecule has 0 atom stereocenters. The molecule has 0 radical (unpaired) electrons. The van der Waals surface area contributed by atoms with Crippen LogP contribution in [0.25, 0.3) is 0 Å². The van der Waals surface area contributed by atoms with Crippen molar-refractivity contribution >= 4 is 42.8 Å². The molecule has 10 heteroatoms. The summed E-state index contributed by atoms with van der Waals surface area (Å²) in [5.41, 5.74) is 0.721. The normalized spacial score (nSPS) is 16.8. The van der Waals surface area contributed by atoms with Crippen molar-refractivity contribution in [3.63, 3.8) is 0 Å². The topological polar surface area (TPSA) is 92.8 Å². The molecule has 0 spiro atoms. The first kappa shape index (κ1) is 18.0. The van der Waals surface area contributed by atoms with E-state index in [9.17, 15) is 16.8 Å². The van der Waals surface area contributed by atoms with Crippen molar-refractivity contribution in [1.82, 2.24) is 0 Å². The van der Waals surface area contributed by atoms with E-state index >= 15 is 0 Å². The molecule has 0 saturated carbocycles. The first-order chi connectivity index (χ1) is 11.7. The number of nitrogens with one attached hydrogen (secondary N) is 1. The predicted molar refractivity (Wildman–Crippen MR) is 98.6 cm³/mol. The molecule has 1 aromatic heterocycles. The van der Waals surface area contributed by atoms with Gasteiger partial charge in [-0.2, -0.15) is 0 Å². The van der Waals surface area contributed by atoms with Gasteiger partial charge in [-0.25, -0.2) is 16.8 Å². The second-order valence-corrected chi connectivity index (χ2v) is 10.8. The fourth-order valence-corrected chi connectivity index (χ4v) is 6.51. The summed E-state index contributed by atoms with van der Waals surface area (Å²) >= 11 is 1.17. The van der Waals surface area contributed by atoms with E-state index in [0.29, 0.717) is 18.7 Å². The van der Waals surface area contributed by atoms with Crippen LogP contribution in [0.3, 0.4) is 0 Å². The van der Waals surface area contributed by atoms with Crippen molar-refractivity contribution in [2.24, 2.45) is 0 Å². The van der Waals surface area contributed by atoms with E-state index in [1.54, 1.807) is 18.2 Å². The molecule has 0 aliphatic carbocycles. The Labute approximate surface area is 151 Å². The fraction of sp³-hybridized carbons (Fsp3) is 0.333. The number of benzene rings is 1. The van der Waals surface area contributed by atoms with Crippen LogP contribution in [0.2, 0.25) is 0 Å². The molecule has 2 aromatic rings. The lowest BCUT2D eigenvalue weighted by Gasteiger charge is -2.19. The van der Waals surface area contributed by atoms with Gasteiger partial charge in [-0.1, -0.05) is 0 Å². The summed E-state index contributed by atoms with van der Waals surface area (Å²) in [6, 6.07) is 7.89. The van der Waals surface area contributed by atoms with Crippen LogP contribution in [0.5, 0.6) is 5.75 Å². The Morgan fingerprint density at radius 3 is 2.56 bits per heavy atom. The van der Waals surface area contributed by atoms with E-state index in [2.05, 4.69) is 4.72 Å². The summed E-state index contributed by atoms with van der Waals surface area (Å²) < 4.78 is 58.3. The van der Waals surface area contributed by atoms with Crippen molar-refractivity contribution in [1.29, 1.82) is 0 Å². The van der Waals surface area contributed by atoms with Gasteiger partial charge >= 0.3 is 0 Å². The zero-order chi connectivity index (χ0) is 18.2. The summed E-state index contributed by atoms with van der Waals surface area (Å²) in [4.78, 5) is 0.891. The molecule has 1 aliphatic heterocycles. The largest absolute Gasteiger partial charge is 0.494 e. The highest BCUT2D eigenvalue weighted by molar-refractivity contribution is 7.94. The number of aryl methyl sites for hydroxylation is 1. The number of methoxy groups -OCH3 is 1. The van der Waals surface area contributed by atoms with E-state index in [1.807, 2.05) is 6.92 Å². The highest BCUT2D eigenvalue weighted by atomic mass is 32.2. The molecule has 0 bridgehead atoms. The number of ether oxygens (including phenoxy) is 1. The van der Waals surface area contributed by atoms with Crippen molar-refractivity contribution in [2.75, 3.05) is 28.4 Å². The minimum absolute atomic E-state index is 0.113. The van der Waals surface area contributed by atoms with Gasteiger partial charge in [0.2, 0.25) is 10.0 Å². The molecule has 0 unspecified atom stereocenters. The highest BCUT2D eigenvalue weighted by Crippen LogP contribution is 2.34. The Kier molecular flexibility index (Phi) is 4.69.